The highest BCUT2D eigenvalue weighted by atomic mass is 16.6. The summed E-state index contributed by atoms with van der Waals surface area (Å²) < 4.78 is 6.03. The Labute approximate surface area is 189 Å². The normalized spacial score (nSPS) is 15.9. The Morgan fingerprint density at radius 3 is 2.39 bits per heavy atom. The van der Waals surface area contributed by atoms with Crippen LogP contribution in [0.4, 0.5) is 5.82 Å². The molecule has 0 unspecified atom stereocenters. The van der Waals surface area contributed by atoms with Crippen molar-refractivity contribution in [1.82, 2.24) is 30.7 Å². The minimum atomic E-state index is -0.465. The summed E-state index contributed by atoms with van der Waals surface area (Å²) in [7, 11) is 0. The van der Waals surface area contributed by atoms with Crippen molar-refractivity contribution in [2.75, 3.05) is 5.73 Å². The molecule has 1 saturated carbocycles. The number of aromatic nitrogens is 5. The van der Waals surface area contributed by atoms with Crippen LogP contribution < -0.4 is 11.2 Å². The molecule has 33 heavy (non-hydrogen) atoms. The molecular weight excluding hydrogens is 420 g/mol. The van der Waals surface area contributed by atoms with E-state index < -0.39 is 5.91 Å². The number of rotatable bonds is 5. The zero-order valence-corrected chi connectivity index (χ0v) is 17.8. The van der Waals surface area contributed by atoms with Crippen molar-refractivity contribution < 1.29 is 9.42 Å². The highest BCUT2D eigenvalue weighted by Crippen LogP contribution is 2.31. The molecule has 2 aromatic carbocycles. The highest BCUT2D eigenvalue weighted by Gasteiger charge is 2.25. The third kappa shape index (κ3) is 4.22. The number of nitrogens with zero attached hydrogens (tertiary/aromatic N) is 6. The van der Waals surface area contributed by atoms with E-state index in [0.29, 0.717) is 17.2 Å². The van der Waals surface area contributed by atoms with Gasteiger partial charge < -0.3 is 5.73 Å². The summed E-state index contributed by atoms with van der Waals surface area (Å²) in [4.78, 5) is 13.0. The lowest BCUT2D eigenvalue weighted by Crippen LogP contribution is -2.23. The predicted molar refractivity (Wildman–Crippen MR) is 122 cm³/mol. The zero-order chi connectivity index (χ0) is 22.6. The zero-order valence-electron chi connectivity index (χ0n) is 17.8. The van der Waals surface area contributed by atoms with Crippen LogP contribution in [-0.2, 0) is 0 Å². The number of hydrogen-bond acceptors (Lipinski definition) is 8. The first kappa shape index (κ1) is 20.6. The lowest BCUT2D eigenvalue weighted by atomic mass is 9.83. The van der Waals surface area contributed by atoms with E-state index in [9.17, 15) is 4.79 Å². The number of nitrogens with two attached hydrogens (primary N) is 1. The molecule has 3 N–H and O–H groups in total. The summed E-state index contributed by atoms with van der Waals surface area (Å²) in [6.07, 6.45) is 3.67. The van der Waals surface area contributed by atoms with Crippen LogP contribution in [0.3, 0.4) is 0 Å². The van der Waals surface area contributed by atoms with Crippen LogP contribution in [0.25, 0.3) is 17.1 Å². The minimum Gasteiger partial charge on any atom is -0.378 e. The second-order valence-corrected chi connectivity index (χ2v) is 7.84. The lowest BCUT2D eigenvalue weighted by molar-refractivity contribution is 0.0950. The van der Waals surface area contributed by atoms with Crippen molar-refractivity contribution in [2.45, 2.75) is 31.6 Å². The molecule has 166 valence electrons. The summed E-state index contributed by atoms with van der Waals surface area (Å²) in [5.41, 5.74) is 12.0. The predicted octanol–water partition coefficient (Wildman–Crippen LogP) is 3.34. The molecule has 2 aromatic heterocycles. The standard InChI is InChI=1S/C23H22N8O2/c24-21-22(29-33-28-21)31-20(17-9-5-2-6-10-17)19(26-30-31)23(32)27-25-18-13-11-16(12-14-18)15-7-3-1-4-8-15/h1-10,16H,11-14H2,(H2,24,28)(H,27,32). The van der Waals surface area contributed by atoms with E-state index in [4.69, 9.17) is 10.4 Å². The van der Waals surface area contributed by atoms with Gasteiger partial charge in [0.05, 0.1) is 0 Å². The molecule has 0 atom stereocenters. The van der Waals surface area contributed by atoms with Crippen LogP contribution in [0, 0.1) is 0 Å². The Morgan fingerprint density at radius 1 is 1.03 bits per heavy atom. The first-order chi connectivity index (χ1) is 16.2. The van der Waals surface area contributed by atoms with Crippen molar-refractivity contribution in [3.8, 4) is 17.1 Å². The summed E-state index contributed by atoms with van der Waals surface area (Å²) in [6, 6.07) is 19.8. The molecule has 0 aliphatic heterocycles. The number of hydrazone groups is 1. The van der Waals surface area contributed by atoms with Gasteiger partial charge in [0.25, 0.3) is 5.91 Å². The number of nitrogens with one attached hydrogen (secondary N) is 1. The number of benzene rings is 2. The summed E-state index contributed by atoms with van der Waals surface area (Å²) >= 11 is 0. The van der Waals surface area contributed by atoms with Crippen molar-refractivity contribution in [1.29, 1.82) is 0 Å². The second kappa shape index (κ2) is 9.03. The first-order valence-electron chi connectivity index (χ1n) is 10.7. The molecule has 0 radical (unpaired) electrons. The van der Waals surface area contributed by atoms with E-state index in [-0.39, 0.29) is 17.3 Å². The molecule has 0 spiro atoms. The van der Waals surface area contributed by atoms with Gasteiger partial charge in [-0.15, -0.1) is 5.10 Å². The summed E-state index contributed by atoms with van der Waals surface area (Å²) in [5.74, 6) is 0.255. The molecule has 1 aliphatic rings. The maximum absolute atomic E-state index is 13.0. The van der Waals surface area contributed by atoms with Gasteiger partial charge in [-0.05, 0) is 47.5 Å². The molecule has 5 rings (SSSR count). The lowest BCUT2D eigenvalue weighted by Gasteiger charge is -2.23. The van der Waals surface area contributed by atoms with E-state index in [2.05, 4.69) is 55.4 Å². The van der Waals surface area contributed by atoms with E-state index >= 15 is 0 Å². The molecular formula is C23H22N8O2. The average molecular weight is 442 g/mol. The molecule has 4 aromatic rings. The van der Waals surface area contributed by atoms with Gasteiger partial charge in [0.15, 0.2) is 5.69 Å². The molecule has 1 aliphatic carbocycles. The number of nitrogen functional groups attached to an aromatic ring is 1. The number of amides is 1. The van der Waals surface area contributed by atoms with Gasteiger partial charge in [-0.1, -0.05) is 65.9 Å². The van der Waals surface area contributed by atoms with Crippen LogP contribution in [0.5, 0.6) is 0 Å². The second-order valence-electron chi connectivity index (χ2n) is 7.84. The van der Waals surface area contributed by atoms with Gasteiger partial charge in [0, 0.05) is 11.3 Å². The maximum Gasteiger partial charge on any atom is 0.294 e. The quantitative estimate of drug-likeness (QED) is 0.452. The Hall–Kier alpha value is -4.34. The Balaban J connectivity index is 1.35. The number of carbonyl (C=O) groups is 1. The molecule has 1 amide bonds. The molecule has 0 saturated heterocycles. The van der Waals surface area contributed by atoms with Crippen LogP contribution in [0.15, 0.2) is 70.4 Å². The van der Waals surface area contributed by atoms with Crippen LogP contribution in [-0.4, -0.2) is 36.9 Å². The number of anilines is 1. The maximum atomic E-state index is 13.0. The number of hydrogen-bond donors (Lipinski definition) is 2. The van der Waals surface area contributed by atoms with E-state index in [0.717, 1.165) is 31.4 Å². The molecule has 1 fully saturated rings. The smallest absolute Gasteiger partial charge is 0.294 e. The van der Waals surface area contributed by atoms with Crippen molar-refractivity contribution in [3.05, 3.63) is 71.9 Å². The third-order valence-corrected chi connectivity index (χ3v) is 5.78. The topological polar surface area (TPSA) is 137 Å². The van der Waals surface area contributed by atoms with Gasteiger partial charge in [-0.2, -0.15) is 9.78 Å². The minimum absolute atomic E-state index is 0.0412. The Morgan fingerprint density at radius 2 is 1.73 bits per heavy atom. The monoisotopic (exact) mass is 442 g/mol. The van der Waals surface area contributed by atoms with Crippen molar-refractivity contribution >= 4 is 17.4 Å². The Bertz CT molecular complexity index is 1270. The van der Waals surface area contributed by atoms with Crippen LogP contribution in [0.2, 0.25) is 0 Å². The van der Waals surface area contributed by atoms with Crippen LogP contribution in [0.1, 0.15) is 47.7 Å². The third-order valence-electron chi connectivity index (χ3n) is 5.78. The molecule has 0 bridgehead atoms. The number of carbonyl (C=O) groups excluding carboxylic acids is 1. The highest BCUT2D eigenvalue weighted by molar-refractivity contribution is 5.99. The van der Waals surface area contributed by atoms with Crippen molar-refractivity contribution in [3.63, 3.8) is 0 Å². The van der Waals surface area contributed by atoms with Gasteiger partial charge >= 0.3 is 0 Å². The fourth-order valence-electron chi connectivity index (χ4n) is 4.08. The molecule has 2 heterocycles. The van der Waals surface area contributed by atoms with Gasteiger partial charge in [0.2, 0.25) is 11.6 Å². The Kier molecular flexibility index (Phi) is 5.62. The van der Waals surface area contributed by atoms with Crippen LogP contribution >= 0.6 is 0 Å². The average Bonchev–Trinajstić information content (AvgIpc) is 3.50. The summed E-state index contributed by atoms with van der Waals surface area (Å²) in [5, 5.41) is 19.9. The largest absolute Gasteiger partial charge is 0.378 e. The van der Waals surface area contributed by atoms with Gasteiger partial charge in [-0.3, -0.25) is 4.79 Å². The van der Waals surface area contributed by atoms with E-state index in [1.165, 1.54) is 10.2 Å². The molecule has 10 nitrogen and oxygen atoms in total. The fraction of sp³-hybridized carbons (Fsp3) is 0.217. The van der Waals surface area contributed by atoms with Crippen molar-refractivity contribution in [2.24, 2.45) is 5.10 Å². The van der Waals surface area contributed by atoms with E-state index in [1.54, 1.807) is 0 Å². The van der Waals surface area contributed by atoms with Gasteiger partial charge in [0.1, 0.15) is 5.69 Å². The first-order valence-corrected chi connectivity index (χ1v) is 10.7. The van der Waals surface area contributed by atoms with E-state index in [1.807, 2.05) is 36.4 Å². The SMILES string of the molecule is Nc1nonc1-n1nnc(C(=O)NN=C2CCC(c3ccccc3)CC2)c1-c1ccccc1. The fourth-order valence-corrected chi connectivity index (χ4v) is 4.08. The van der Waals surface area contributed by atoms with Gasteiger partial charge in [-0.25, -0.2) is 10.1 Å². The molecule has 10 heteroatoms. The summed E-state index contributed by atoms with van der Waals surface area (Å²) in [6.45, 7) is 0.